The summed E-state index contributed by atoms with van der Waals surface area (Å²) in [6.07, 6.45) is 0. The summed E-state index contributed by atoms with van der Waals surface area (Å²) in [5.74, 6) is 1.05. The third kappa shape index (κ3) is 1.26. The van der Waals surface area contributed by atoms with Crippen LogP contribution in [-0.4, -0.2) is 10.2 Å². The van der Waals surface area contributed by atoms with Crippen molar-refractivity contribution >= 4 is 0 Å². The van der Waals surface area contributed by atoms with Crippen LogP contribution < -0.4 is 5.73 Å². The zero-order chi connectivity index (χ0) is 6.85. The van der Waals surface area contributed by atoms with E-state index in [9.17, 15) is 0 Å². The molecular weight excluding hydrogens is 118 g/mol. The smallest absolute Gasteiger partial charge is 0.232 e. The topological polar surface area (TPSA) is 64.9 Å². The van der Waals surface area contributed by atoms with Gasteiger partial charge in [0.25, 0.3) is 0 Å². The molecule has 0 aliphatic carbocycles. The second-order valence-corrected chi connectivity index (χ2v) is 1.95. The van der Waals surface area contributed by atoms with Crippen molar-refractivity contribution < 1.29 is 4.42 Å². The third-order valence-corrected chi connectivity index (χ3v) is 0.931. The molecule has 0 bridgehead atoms. The average Bonchev–Trinajstić information content (AvgIpc) is 2.14. The molecule has 0 saturated carbocycles. The first-order chi connectivity index (χ1) is 4.20. The van der Waals surface area contributed by atoms with Gasteiger partial charge < -0.3 is 10.2 Å². The van der Waals surface area contributed by atoms with E-state index in [0.29, 0.717) is 11.8 Å². The molecule has 0 radical (unpaired) electrons. The van der Waals surface area contributed by atoms with Crippen LogP contribution in [0.4, 0.5) is 0 Å². The van der Waals surface area contributed by atoms with Crippen LogP contribution >= 0.6 is 0 Å². The van der Waals surface area contributed by atoms with Crippen molar-refractivity contribution in [2.45, 2.75) is 19.9 Å². The highest BCUT2D eigenvalue weighted by Gasteiger charge is 2.05. The van der Waals surface area contributed by atoms with Gasteiger partial charge >= 0.3 is 0 Å². The van der Waals surface area contributed by atoms with Crippen LogP contribution in [0.15, 0.2) is 4.42 Å². The highest BCUT2D eigenvalue weighted by atomic mass is 16.4. The van der Waals surface area contributed by atoms with Crippen LogP contribution in [0.5, 0.6) is 0 Å². The fourth-order valence-electron chi connectivity index (χ4n) is 0.496. The van der Waals surface area contributed by atoms with Gasteiger partial charge in [0.15, 0.2) is 0 Å². The van der Waals surface area contributed by atoms with Crippen LogP contribution in [0.25, 0.3) is 0 Å². The minimum absolute atomic E-state index is 0.161. The fourth-order valence-corrected chi connectivity index (χ4v) is 0.496. The molecule has 1 atom stereocenters. The molecule has 0 fully saturated rings. The molecule has 0 unspecified atom stereocenters. The molecule has 4 heteroatoms. The van der Waals surface area contributed by atoms with Gasteiger partial charge in [0.05, 0.1) is 6.04 Å². The van der Waals surface area contributed by atoms with Crippen molar-refractivity contribution in [2.24, 2.45) is 5.73 Å². The molecule has 2 N–H and O–H groups in total. The van der Waals surface area contributed by atoms with Crippen LogP contribution in [0, 0.1) is 6.92 Å². The number of hydrogen-bond acceptors (Lipinski definition) is 4. The Bertz CT molecular complexity index is 194. The summed E-state index contributed by atoms with van der Waals surface area (Å²) in [5, 5.41) is 7.31. The molecule has 0 saturated heterocycles. The number of rotatable bonds is 1. The molecule has 1 heterocycles. The van der Waals surface area contributed by atoms with E-state index >= 15 is 0 Å². The predicted octanol–water partition coefficient (Wildman–Crippen LogP) is 0.398. The largest absolute Gasteiger partial charge is 0.424 e. The van der Waals surface area contributed by atoms with Crippen LogP contribution in [0.3, 0.4) is 0 Å². The van der Waals surface area contributed by atoms with E-state index in [1.807, 2.05) is 0 Å². The molecule has 1 aromatic heterocycles. The van der Waals surface area contributed by atoms with Gasteiger partial charge in [-0.1, -0.05) is 0 Å². The lowest BCUT2D eigenvalue weighted by atomic mass is 10.4. The van der Waals surface area contributed by atoms with Crippen molar-refractivity contribution in [1.82, 2.24) is 10.2 Å². The van der Waals surface area contributed by atoms with E-state index in [1.54, 1.807) is 13.8 Å². The van der Waals surface area contributed by atoms with Crippen LogP contribution in [0.2, 0.25) is 0 Å². The van der Waals surface area contributed by atoms with Crippen molar-refractivity contribution in [3.8, 4) is 0 Å². The average molecular weight is 127 g/mol. The quantitative estimate of drug-likeness (QED) is 0.593. The summed E-state index contributed by atoms with van der Waals surface area (Å²) >= 11 is 0. The van der Waals surface area contributed by atoms with Gasteiger partial charge in [-0.25, -0.2) is 0 Å². The maximum atomic E-state index is 5.43. The van der Waals surface area contributed by atoms with E-state index in [0.717, 1.165) is 0 Å². The van der Waals surface area contributed by atoms with Crippen molar-refractivity contribution in [3.05, 3.63) is 11.8 Å². The van der Waals surface area contributed by atoms with Crippen molar-refractivity contribution in [2.75, 3.05) is 0 Å². The van der Waals surface area contributed by atoms with Gasteiger partial charge in [-0.15, -0.1) is 10.2 Å². The zero-order valence-electron chi connectivity index (χ0n) is 5.46. The number of nitrogens with zero attached hydrogens (tertiary/aromatic N) is 2. The van der Waals surface area contributed by atoms with E-state index < -0.39 is 0 Å². The Kier molecular flexibility index (Phi) is 1.48. The van der Waals surface area contributed by atoms with Gasteiger partial charge in [0.1, 0.15) is 0 Å². The first-order valence-corrected chi connectivity index (χ1v) is 2.75. The summed E-state index contributed by atoms with van der Waals surface area (Å²) in [6.45, 7) is 3.53. The Morgan fingerprint density at radius 3 is 2.44 bits per heavy atom. The Labute approximate surface area is 53.1 Å². The van der Waals surface area contributed by atoms with Crippen molar-refractivity contribution in [3.63, 3.8) is 0 Å². The van der Waals surface area contributed by atoms with Gasteiger partial charge in [-0.2, -0.15) is 0 Å². The van der Waals surface area contributed by atoms with Gasteiger partial charge in [0, 0.05) is 6.92 Å². The fraction of sp³-hybridized carbons (Fsp3) is 0.600. The number of aryl methyl sites for hydroxylation is 1. The molecule has 0 amide bonds. The predicted molar refractivity (Wildman–Crippen MR) is 31.6 cm³/mol. The summed E-state index contributed by atoms with van der Waals surface area (Å²) in [5.41, 5.74) is 5.43. The van der Waals surface area contributed by atoms with E-state index in [2.05, 4.69) is 10.2 Å². The molecule has 4 nitrogen and oxygen atoms in total. The van der Waals surface area contributed by atoms with Gasteiger partial charge in [-0.05, 0) is 6.92 Å². The van der Waals surface area contributed by atoms with E-state index in [1.165, 1.54) is 0 Å². The number of aromatic nitrogens is 2. The maximum Gasteiger partial charge on any atom is 0.232 e. The van der Waals surface area contributed by atoms with E-state index in [-0.39, 0.29) is 6.04 Å². The molecular formula is C5H9N3O. The summed E-state index contributed by atoms with van der Waals surface area (Å²) in [6, 6.07) is -0.161. The highest BCUT2D eigenvalue weighted by molar-refractivity contribution is 4.83. The standard InChI is InChI=1S/C5H9N3O/c1-3(6)5-8-7-4(2)9-5/h3H,6H2,1-2H3/t3-/m0/s1. The van der Waals surface area contributed by atoms with Crippen LogP contribution in [-0.2, 0) is 0 Å². The molecule has 0 aliphatic rings. The van der Waals surface area contributed by atoms with Gasteiger partial charge in [0.2, 0.25) is 11.8 Å². The first kappa shape index (κ1) is 6.22. The van der Waals surface area contributed by atoms with Crippen LogP contribution in [0.1, 0.15) is 24.7 Å². The highest BCUT2D eigenvalue weighted by Crippen LogP contribution is 2.05. The molecule has 1 aromatic rings. The minimum Gasteiger partial charge on any atom is -0.424 e. The summed E-state index contributed by atoms with van der Waals surface area (Å²) in [7, 11) is 0. The second kappa shape index (κ2) is 2.14. The monoisotopic (exact) mass is 127 g/mol. The third-order valence-electron chi connectivity index (χ3n) is 0.931. The summed E-state index contributed by atoms with van der Waals surface area (Å²) < 4.78 is 5.00. The maximum absolute atomic E-state index is 5.43. The van der Waals surface area contributed by atoms with Crippen molar-refractivity contribution in [1.29, 1.82) is 0 Å². The Balaban J connectivity index is 2.85. The van der Waals surface area contributed by atoms with E-state index in [4.69, 9.17) is 10.2 Å². The molecule has 1 rings (SSSR count). The Morgan fingerprint density at radius 2 is 2.22 bits per heavy atom. The first-order valence-electron chi connectivity index (χ1n) is 2.75. The molecule has 0 aromatic carbocycles. The van der Waals surface area contributed by atoms with Gasteiger partial charge in [-0.3, -0.25) is 0 Å². The lowest BCUT2D eigenvalue weighted by molar-refractivity contribution is 0.442. The Morgan fingerprint density at radius 1 is 1.56 bits per heavy atom. The lowest BCUT2D eigenvalue weighted by Gasteiger charge is -1.92. The number of hydrogen-bond donors (Lipinski definition) is 1. The molecule has 9 heavy (non-hydrogen) atoms. The molecule has 0 aliphatic heterocycles. The molecule has 50 valence electrons. The minimum atomic E-state index is -0.161. The molecule has 0 spiro atoms. The summed E-state index contributed by atoms with van der Waals surface area (Å²) in [4.78, 5) is 0. The SMILES string of the molecule is Cc1nnc([C@H](C)N)o1. The second-order valence-electron chi connectivity index (χ2n) is 1.95. The zero-order valence-corrected chi connectivity index (χ0v) is 5.46. The lowest BCUT2D eigenvalue weighted by Crippen LogP contribution is -2.04. The number of nitrogens with two attached hydrogens (primary N) is 1. The normalized spacial score (nSPS) is 13.7. The Hall–Kier alpha value is -0.900.